The predicted molar refractivity (Wildman–Crippen MR) is 100 cm³/mol. The van der Waals surface area contributed by atoms with Gasteiger partial charge in [-0.15, -0.1) is 0 Å². The lowest BCUT2D eigenvalue weighted by Crippen LogP contribution is -2.30. The van der Waals surface area contributed by atoms with E-state index < -0.39 is 27.8 Å². The van der Waals surface area contributed by atoms with Crippen LogP contribution in [0.1, 0.15) is 29.0 Å². The van der Waals surface area contributed by atoms with Gasteiger partial charge in [-0.25, -0.2) is 17.9 Å². The quantitative estimate of drug-likeness (QED) is 0.705. The molecular weight excluding hydrogens is 385 g/mol. The molecule has 9 heteroatoms. The summed E-state index contributed by atoms with van der Waals surface area (Å²) in [6, 6.07) is 12.9. The molecule has 0 aliphatic heterocycles. The number of hydrogen-bond acceptors (Lipinski definition) is 5. The highest BCUT2D eigenvalue weighted by atomic mass is 32.2. The van der Waals surface area contributed by atoms with Crippen LogP contribution in [-0.4, -0.2) is 31.4 Å². The van der Waals surface area contributed by atoms with Gasteiger partial charge in [-0.2, -0.15) is 0 Å². The molecule has 1 heterocycles. The first-order valence-corrected chi connectivity index (χ1v) is 9.84. The largest absolute Gasteiger partial charge is 0.355 e. The van der Waals surface area contributed by atoms with Gasteiger partial charge in [-0.1, -0.05) is 29.4 Å². The van der Waals surface area contributed by atoms with Crippen molar-refractivity contribution in [2.75, 3.05) is 7.05 Å². The summed E-state index contributed by atoms with van der Waals surface area (Å²) in [5.41, 5.74) is 0.793. The fourth-order valence-corrected chi connectivity index (χ4v) is 3.26. The molecule has 3 aromatic rings. The topological polar surface area (TPSA) is 106 Å². The molecule has 0 fully saturated rings. The molecule has 2 aromatic carbocycles. The highest BCUT2D eigenvalue weighted by molar-refractivity contribution is 7.89. The number of benzene rings is 2. The van der Waals surface area contributed by atoms with Crippen LogP contribution < -0.4 is 5.14 Å². The third-order valence-electron chi connectivity index (χ3n) is 4.44. The molecular formula is C19H18FN3O4S. The summed E-state index contributed by atoms with van der Waals surface area (Å²) in [6.45, 7) is 1.73. The van der Waals surface area contributed by atoms with Crippen LogP contribution in [0.5, 0.6) is 0 Å². The molecule has 1 aromatic heterocycles. The van der Waals surface area contributed by atoms with Crippen molar-refractivity contribution in [2.24, 2.45) is 5.14 Å². The fourth-order valence-electron chi connectivity index (χ4n) is 2.70. The molecule has 0 spiro atoms. The van der Waals surface area contributed by atoms with Crippen LogP contribution in [0.2, 0.25) is 0 Å². The molecule has 1 atom stereocenters. The lowest BCUT2D eigenvalue weighted by Gasteiger charge is -2.24. The van der Waals surface area contributed by atoms with Crippen LogP contribution in [-0.2, 0) is 10.0 Å². The molecule has 0 saturated heterocycles. The summed E-state index contributed by atoms with van der Waals surface area (Å²) in [5, 5.41) is 8.90. The van der Waals surface area contributed by atoms with Gasteiger partial charge in [0.15, 0.2) is 11.5 Å². The number of hydrogen-bond donors (Lipinski definition) is 1. The number of halogens is 1. The lowest BCUT2D eigenvalue weighted by atomic mass is 10.1. The van der Waals surface area contributed by atoms with E-state index in [0.717, 1.165) is 0 Å². The molecule has 0 aliphatic rings. The Morgan fingerprint density at radius 1 is 1.18 bits per heavy atom. The van der Waals surface area contributed by atoms with E-state index in [2.05, 4.69) is 5.16 Å². The van der Waals surface area contributed by atoms with Crippen molar-refractivity contribution in [1.29, 1.82) is 0 Å². The molecule has 1 unspecified atom stereocenters. The van der Waals surface area contributed by atoms with E-state index in [-0.39, 0.29) is 21.9 Å². The Bertz CT molecular complexity index is 1130. The van der Waals surface area contributed by atoms with Crippen LogP contribution >= 0.6 is 0 Å². The van der Waals surface area contributed by atoms with E-state index >= 15 is 0 Å². The number of carbonyl (C=O) groups excluding carboxylic acids is 1. The van der Waals surface area contributed by atoms with Crippen molar-refractivity contribution in [3.05, 3.63) is 71.7 Å². The van der Waals surface area contributed by atoms with Crippen LogP contribution in [0, 0.1) is 5.82 Å². The SMILES string of the molecule is CC(c1cccc(S(N)(=O)=O)c1)N(C)C(=O)c1cc(-c2ccccc2F)on1. The number of sulfonamides is 1. The van der Waals surface area contributed by atoms with Gasteiger partial charge in [0, 0.05) is 13.1 Å². The van der Waals surface area contributed by atoms with Crippen molar-refractivity contribution in [2.45, 2.75) is 17.9 Å². The molecule has 0 radical (unpaired) electrons. The number of primary sulfonamides is 1. The Morgan fingerprint density at radius 3 is 2.57 bits per heavy atom. The van der Waals surface area contributed by atoms with Gasteiger partial charge in [-0.3, -0.25) is 4.79 Å². The molecule has 0 aliphatic carbocycles. The van der Waals surface area contributed by atoms with E-state index in [1.807, 2.05) is 0 Å². The molecule has 3 rings (SSSR count). The molecule has 1 amide bonds. The summed E-state index contributed by atoms with van der Waals surface area (Å²) in [5.74, 6) is -0.808. The van der Waals surface area contributed by atoms with E-state index in [1.54, 1.807) is 38.2 Å². The van der Waals surface area contributed by atoms with Gasteiger partial charge in [0.2, 0.25) is 10.0 Å². The van der Waals surface area contributed by atoms with Crippen LogP contribution in [0.4, 0.5) is 4.39 Å². The zero-order valence-electron chi connectivity index (χ0n) is 15.2. The summed E-state index contributed by atoms with van der Waals surface area (Å²) >= 11 is 0. The van der Waals surface area contributed by atoms with Crippen LogP contribution in [0.25, 0.3) is 11.3 Å². The van der Waals surface area contributed by atoms with Crippen molar-refractivity contribution >= 4 is 15.9 Å². The fraction of sp³-hybridized carbons (Fsp3) is 0.158. The van der Waals surface area contributed by atoms with E-state index in [0.29, 0.717) is 5.56 Å². The van der Waals surface area contributed by atoms with Gasteiger partial charge in [0.25, 0.3) is 5.91 Å². The van der Waals surface area contributed by atoms with Crippen molar-refractivity contribution < 1.29 is 22.1 Å². The van der Waals surface area contributed by atoms with E-state index in [1.165, 1.54) is 35.2 Å². The normalized spacial score (nSPS) is 12.6. The average Bonchev–Trinajstić information content (AvgIpc) is 3.16. The van der Waals surface area contributed by atoms with Crippen molar-refractivity contribution in [1.82, 2.24) is 10.1 Å². The predicted octanol–water partition coefficient (Wildman–Crippen LogP) is 2.96. The minimum absolute atomic E-state index is 0.00945. The second-order valence-corrected chi connectivity index (χ2v) is 7.83. The summed E-state index contributed by atoms with van der Waals surface area (Å²) in [6.07, 6.45) is 0. The first-order valence-electron chi connectivity index (χ1n) is 8.30. The molecule has 7 nitrogen and oxygen atoms in total. The number of carbonyl (C=O) groups is 1. The standard InChI is InChI=1S/C19H18FN3O4S/c1-12(13-6-5-7-14(10-13)28(21,25)26)23(2)19(24)17-11-18(27-22-17)15-8-3-4-9-16(15)20/h3-12H,1-2H3,(H2,21,25,26). The lowest BCUT2D eigenvalue weighted by molar-refractivity contribution is 0.0732. The molecule has 28 heavy (non-hydrogen) atoms. The zero-order chi connectivity index (χ0) is 20.5. The monoisotopic (exact) mass is 403 g/mol. The molecule has 2 N–H and O–H groups in total. The Balaban J connectivity index is 1.84. The Labute approximate surface area is 161 Å². The Kier molecular flexibility index (Phi) is 5.30. The first-order chi connectivity index (χ1) is 13.2. The number of nitrogens with zero attached hydrogens (tertiary/aromatic N) is 2. The number of rotatable bonds is 5. The molecule has 0 saturated carbocycles. The second kappa shape index (κ2) is 7.53. The van der Waals surface area contributed by atoms with Gasteiger partial charge in [0.05, 0.1) is 16.5 Å². The van der Waals surface area contributed by atoms with Crippen molar-refractivity contribution in [3.63, 3.8) is 0 Å². The minimum Gasteiger partial charge on any atom is -0.355 e. The maximum absolute atomic E-state index is 13.9. The molecule has 146 valence electrons. The maximum Gasteiger partial charge on any atom is 0.276 e. The number of nitrogens with two attached hydrogens (primary N) is 1. The van der Waals surface area contributed by atoms with E-state index in [9.17, 15) is 17.6 Å². The van der Waals surface area contributed by atoms with Gasteiger partial charge in [0.1, 0.15) is 5.82 Å². The summed E-state index contributed by atoms with van der Waals surface area (Å²) in [7, 11) is -2.30. The highest BCUT2D eigenvalue weighted by Gasteiger charge is 2.24. The van der Waals surface area contributed by atoms with Crippen LogP contribution in [0.15, 0.2) is 64.0 Å². The summed E-state index contributed by atoms with van der Waals surface area (Å²) in [4.78, 5) is 14.1. The Morgan fingerprint density at radius 2 is 1.89 bits per heavy atom. The highest BCUT2D eigenvalue weighted by Crippen LogP contribution is 2.26. The summed E-state index contributed by atoms with van der Waals surface area (Å²) < 4.78 is 42.1. The van der Waals surface area contributed by atoms with Gasteiger partial charge < -0.3 is 9.42 Å². The van der Waals surface area contributed by atoms with Crippen molar-refractivity contribution in [3.8, 4) is 11.3 Å². The number of aromatic nitrogens is 1. The maximum atomic E-state index is 13.9. The first kappa shape index (κ1) is 19.7. The second-order valence-electron chi connectivity index (χ2n) is 6.27. The zero-order valence-corrected chi connectivity index (χ0v) is 16.0. The van der Waals surface area contributed by atoms with E-state index in [4.69, 9.17) is 9.66 Å². The third kappa shape index (κ3) is 3.95. The number of amides is 1. The van der Waals surface area contributed by atoms with Crippen LogP contribution in [0.3, 0.4) is 0 Å². The molecule has 0 bridgehead atoms. The Hall–Kier alpha value is -3.04. The van der Waals surface area contributed by atoms with Gasteiger partial charge >= 0.3 is 0 Å². The minimum atomic E-state index is -3.85. The van der Waals surface area contributed by atoms with Gasteiger partial charge in [-0.05, 0) is 36.8 Å². The average molecular weight is 403 g/mol. The smallest absolute Gasteiger partial charge is 0.276 e. The third-order valence-corrected chi connectivity index (χ3v) is 5.35.